The maximum absolute atomic E-state index is 12.5. The van der Waals surface area contributed by atoms with E-state index in [1.54, 1.807) is 13.8 Å². The molecule has 7 heteroatoms. The van der Waals surface area contributed by atoms with Gasteiger partial charge in [-0.05, 0) is 36.5 Å². The zero-order valence-corrected chi connectivity index (χ0v) is 16.7. The quantitative estimate of drug-likeness (QED) is 0.764. The Morgan fingerprint density at radius 3 is 2.74 bits per heavy atom. The molecule has 27 heavy (non-hydrogen) atoms. The summed E-state index contributed by atoms with van der Waals surface area (Å²) in [6, 6.07) is 9.79. The second-order valence-electron chi connectivity index (χ2n) is 6.84. The Kier molecular flexibility index (Phi) is 6.01. The minimum absolute atomic E-state index is 0.124. The van der Waals surface area contributed by atoms with Crippen molar-refractivity contribution in [3.63, 3.8) is 0 Å². The fourth-order valence-corrected chi connectivity index (χ4v) is 5.20. The van der Waals surface area contributed by atoms with E-state index in [9.17, 15) is 13.2 Å². The number of aromatic amines is 1. The first kappa shape index (κ1) is 19.6. The van der Waals surface area contributed by atoms with Gasteiger partial charge in [-0.2, -0.15) is 4.31 Å². The van der Waals surface area contributed by atoms with Gasteiger partial charge in [0.15, 0.2) is 0 Å². The number of sulfonamides is 1. The second kappa shape index (κ2) is 8.27. The lowest BCUT2D eigenvalue weighted by atomic mass is 9.83. The Morgan fingerprint density at radius 1 is 1.26 bits per heavy atom. The fraction of sp³-hybridized carbons (Fsp3) is 0.450. The van der Waals surface area contributed by atoms with Gasteiger partial charge in [-0.25, -0.2) is 8.42 Å². The van der Waals surface area contributed by atoms with Crippen molar-refractivity contribution in [2.24, 2.45) is 0 Å². The second-order valence-corrected chi connectivity index (χ2v) is 8.77. The smallest absolute Gasteiger partial charge is 0.267 e. The summed E-state index contributed by atoms with van der Waals surface area (Å²) in [4.78, 5) is 15.4. The van der Waals surface area contributed by atoms with Crippen molar-refractivity contribution < 1.29 is 13.2 Å². The highest BCUT2D eigenvalue weighted by Gasteiger charge is 2.25. The monoisotopic (exact) mass is 389 g/mol. The zero-order valence-electron chi connectivity index (χ0n) is 15.9. The molecule has 6 nitrogen and oxygen atoms in total. The van der Waals surface area contributed by atoms with Crippen LogP contribution in [0.15, 0.2) is 41.4 Å². The predicted molar refractivity (Wildman–Crippen MR) is 105 cm³/mol. The fourth-order valence-electron chi connectivity index (χ4n) is 3.74. The van der Waals surface area contributed by atoms with Crippen LogP contribution in [-0.4, -0.2) is 43.2 Å². The number of nitrogens with zero attached hydrogens (tertiary/aromatic N) is 1. The SMILES string of the molecule is CCN(CC)S(=O)(=O)c1c[nH]c(C(=O)NC[C@H]2CCCc3ccccc32)c1. The summed E-state index contributed by atoms with van der Waals surface area (Å²) in [7, 11) is -3.57. The average molecular weight is 390 g/mol. The van der Waals surface area contributed by atoms with Gasteiger partial charge in [0.1, 0.15) is 10.6 Å². The van der Waals surface area contributed by atoms with Gasteiger partial charge >= 0.3 is 0 Å². The number of aryl methyl sites for hydroxylation is 1. The lowest BCUT2D eigenvalue weighted by Crippen LogP contribution is -2.31. The molecule has 0 spiro atoms. The van der Waals surface area contributed by atoms with Crippen LogP contribution in [0.5, 0.6) is 0 Å². The molecular weight excluding hydrogens is 362 g/mol. The summed E-state index contributed by atoms with van der Waals surface area (Å²) >= 11 is 0. The molecule has 0 fully saturated rings. The highest BCUT2D eigenvalue weighted by atomic mass is 32.2. The minimum Gasteiger partial charge on any atom is -0.356 e. The third kappa shape index (κ3) is 4.09. The van der Waals surface area contributed by atoms with E-state index in [1.807, 2.05) is 6.07 Å². The van der Waals surface area contributed by atoms with Crippen LogP contribution in [0.25, 0.3) is 0 Å². The first-order chi connectivity index (χ1) is 13.0. The number of aromatic nitrogens is 1. The van der Waals surface area contributed by atoms with Gasteiger partial charge < -0.3 is 10.3 Å². The summed E-state index contributed by atoms with van der Waals surface area (Å²) in [5.41, 5.74) is 2.93. The molecule has 1 atom stereocenters. The van der Waals surface area contributed by atoms with Crippen molar-refractivity contribution in [2.45, 2.75) is 43.9 Å². The average Bonchev–Trinajstić information content (AvgIpc) is 3.18. The first-order valence-electron chi connectivity index (χ1n) is 9.52. The van der Waals surface area contributed by atoms with Crippen LogP contribution >= 0.6 is 0 Å². The Balaban J connectivity index is 1.67. The summed E-state index contributed by atoms with van der Waals surface area (Å²) in [5.74, 6) is 0.0202. The van der Waals surface area contributed by atoms with E-state index >= 15 is 0 Å². The number of benzene rings is 1. The molecule has 0 bridgehead atoms. The van der Waals surface area contributed by atoms with Crippen LogP contribution in [0, 0.1) is 0 Å². The van der Waals surface area contributed by atoms with Gasteiger partial charge in [-0.3, -0.25) is 4.79 Å². The van der Waals surface area contributed by atoms with E-state index < -0.39 is 10.0 Å². The third-order valence-corrected chi connectivity index (χ3v) is 7.27. The van der Waals surface area contributed by atoms with Crippen molar-refractivity contribution in [1.29, 1.82) is 0 Å². The van der Waals surface area contributed by atoms with E-state index in [0.717, 1.165) is 19.3 Å². The molecule has 0 saturated carbocycles. The van der Waals surface area contributed by atoms with Gasteiger partial charge in [-0.1, -0.05) is 38.1 Å². The Labute approximate surface area is 161 Å². The summed E-state index contributed by atoms with van der Waals surface area (Å²) < 4.78 is 26.5. The van der Waals surface area contributed by atoms with Crippen molar-refractivity contribution in [3.8, 4) is 0 Å². The van der Waals surface area contributed by atoms with Gasteiger partial charge in [0.25, 0.3) is 5.91 Å². The van der Waals surface area contributed by atoms with E-state index in [0.29, 0.717) is 25.6 Å². The Morgan fingerprint density at radius 2 is 2.00 bits per heavy atom. The van der Waals surface area contributed by atoms with Gasteiger partial charge in [-0.15, -0.1) is 0 Å². The van der Waals surface area contributed by atoms with Crippen molar-refractivity contribution in [2.75, 3.05) is 19.6 Å². The number of carbonyl (C=O) groups is 1. The van der Waals surface area contributed by atoms with Gasteiger partial charge in [0.2, 0.25) is 10.0 Å². The normalized spacial score (nSPS) is 16.9. The molecular formula is C20H27N3O3S. The van der Waals surface area contributed by atoms with Crippen LogP contribution in [0.2, 0.25) is 0 Å². The number of rotatable bonds is 7. The predicted octanol–water partition coefficient (Wildman–Crippen LogP) is 2.90. The van der Waals surface area contributed by atoms with Crippen molar-refractivity contribution >= 4 is 15.9 Å². The van der Waals surface area contributed by atoms with Gasteiger partial charge in [0, 0.05) is 31.7 Å². The van der Waals surface area contributed by atoms with Crippen LogP contribution in [0.3, 0.4) is 0 Å². The molecule has 1 aromatic heterocycles. The van der Waals surface area contributed by atoms with Crippen LogP contribution < -0.4 is 5.32 Å². The van der Waals surface area contributed by atoms with E-state index in [2.05, 4.69) is 28.5 Å². The molecule has 3 rings (SSSR count). The summed E-state index contributed by atoms with van der Waals surface area (Å²) in [5, 5.41) is 2.95. The first-order valence-corrected chi connectivity index (χ1v) is 11.0. The Hall–Kier alpha value is -2.12. The van der Waals surface area contributed by atoms with E-state index in [4.69, 9.17) is 0 Å². The molecule has 0 saturated heterocycles. The van der Waals surface area contributed by atoms with Crippen molar-refractivity contribution in [3.05, 3.63) is 53.3 Å². The molecule has 1 aliphatic carbocycles. The molecule has 1 aliphatic rings. The molecule has 0 unspecified atom stereocenters. The molecule has 1 heterocycles. The molecule has 0 aliphatic heterocycles. The number of amides is 1. The molecule has 1 aromatic carbocycles. The Bertz CT molecular complexity index is 901. The van der Waals surface area contributed by atoms with Crippen molar-refractivity contribution in [1.82, 2.24) is 14.6 Å². The van der Waals surface area contributed by atoms with Crippen LogP contribution in [-0.2, 0) is 16.4 Å². The van der Waals surface area contributed by atoms with E-state index in [-0.39, 0.29) is 16.5 Å². The standard InChI is InChI=1S/C20H27N3O3S/c1-3-23(4-2)27(25,26)17-12-19(21-14-17)20(24)22-13-16-10-7-9-15-8-5-6-11-18(15)16/h5-6,8,11-12,14,16,21H,3-4,7,9-10,13H2,1-2H3,(H,22,24)/t16-/m1/s1. The number of carbonyl (C=O) groups excluding carboxylic acids is 1. The highest BCUT2D eigenvalue weighted by Crippen LogP contribution is 2.30. The zero-order chi connectivity index (χ0) is 19.4. The molecule has 146 valence electrons. The molecule has 1 amide bonds. The van der Waals surface area contributed by atoms with Crippen LogP contribution in [0.1, 0.15) is 54.2 Å². The summed E-state index contributed by atoms with van der Waals surface area (Å²) in [6.45, 7) is 4.93. The summed E-state index contributed by atoms with van der Waals surface area (Å²) in [6.07, 6.45) is 4.64. The van der Waals surface area contributed by atoms with Crippen LogP contribution in [0.4, 0.5) is 0 Å². The third-order valence-electron chi connectivity index (χ3n) is 5.25. The molecule has 0 radical (unpaired) electrons. The lowest BCUT2D eigenvalue weighted by Gasteiger charge is -2.25. The maximum Gasteiger partial charge on any atom is 0.267 e. The largest absolute Gasteiger partial charge is 0.356 e. The minimum atomic E-state index is -3.57. The van der Waals surface area contributed by atoms with Gasteiger partial charge in [0.05, 0.1) is 0 Å². The number of hydrogen-bond acceptors (Lipinski definition) is 3. The number of fused-ring (bicyclic) bond motifs is 1. The maximum atomic E-state index is 12.5. The number of nitrogens with one attached hydrogen (secondary N) is 2. The lowest BCUT2D eigenvalue weighted by molar-refractivity contribution is 0.0946. The topological polar surface area (TPSA) is 82.3 Å². The number of hydrogen-bond donors (Lipinski definition) is 2. The highest BCUT2D eigenvalue weighted by molar-refractivity contribution is 7.89. The molecule has 2 N–H and O–H groups in total. The molecule has 2 aromatic rings. The number of H-pyrrole nitrogens is 1. The van der Waals surface area contributed by atoms with E-state index in [1.165, 1.54) is 27.7 Å².